The van der Waals surface area contributed by atoms with Crippen molar-refractivity contribution in [3.05, 3.63) is 71.8 Å². The summed E-state index contributed by atoms with van der Waals surface area (Å²) < 4.78 is 11.1. The van der Waals surface area contributed by atoms with E-state index in [9.17, 15) is 14.4 Å². The molecule has 0 radical (unpaired) electrons. The van der Waals surface area contributed by atoms with Crippen LogP contribution in [0.5, 0.6) is 0 Å². The van der Waals surface area contributed by atoms with Crippen molar-refractivity contribution in [1.29, 1.82) is 0 Å². The summed E-state index contributed by atoms with van der Waals surface area (Å²) in [6.07, 6.45) is 0.111. The number of ketones is 1. The van der Waals surface area contributed by atoms with E-state index >= 15 is 0 Å². The normalized spacial score (nSPS) is 13.8. The standard InChI is InChI=1S/C23H26O5/c1-4-19(27-22(25)18-14-10-7-11-15-18)16(3)20(5-2)28-23(26)21(24)17-12-8-6-9-13-17/h6-16,19-20H,4-5H2,1-3H3. The Balaban J connectivity index is 2.03. The van der Waals surface area contributed by atoms with Gasteiger partial charge in [0.05, 0.1) is 5.56 Å². The fourth-order valence-corrected chi connectivity index (χ4v) is 3.04. The van der Waals surface area contributed by atoms with E-state index in [0.29, 0.717) is 18.4 Å². The Morgan fingerprint density at radius 3 is 1.71 bits per heavy atom. The van der Waals surface area contributed by atoms with Crippen LogP contribution in [0.3, 0.4) is 0 Å². The van der Waals surface area contributed by atoms with Gasteiger partial charge in [-0.15, -0.1) is 0 Å². The van der Waals surface area contributed by atoms with E-state index in [4.69, 9.17) is 9.47 Å². The number of carbonyl (C=O) groups is 3. The van der Waals surface area contributed by atoms with Crippen molar-refractivity contribution in [2.45, 2.75) is 45.8 Å². The van der Waals surface area contributed by atoms with Gasteiger partial charge < -0.3 is 9.47 Å². The summed E-state index contributed by atoms with van der Waals surface area (Å²) in [5.74, 6) is -2.24. The molecule has 5 nitrogen and oxygen atoms in total. The molecule has 3 atom stereocenters. The summed E-state index contributed by atoms with van der Waals surface area (Å²) in [5, 5.41) is 0. The van der Waals surface area contributed by atoms with Gasteiger partial charge in [0.1, 0.15) is 12.2 Å². The van der Waals surface area contributed by atoms with Crippen LogP contribution in [-0.4, -0.2) is 29.9 Å². The van der Waals surface area contributed by atoms with Crippen molar-refractivity contribution in [2.24, 2.45) is 5.92 Å². The molecule has 2 aromatic rings. The summed E-state index contributed by atoms with van der Waals surface area (Å²) in [6, 6.07) is 17.0. The molecule has 0 aliphatic carbocycles. The summed E-state index contributed by atoms with van der Waals surface area (Å²) in [5.41, 5.74) is 0.759. The predicted octanol–water partition coefficient (Wildman–Crippen LogP) is 4.46. The lowest BCUT2D eigenvalue weighted by molar-refractivity contribution is -0.148. The van der Waals surface area contributed by atoms with Crippen molar-refractivity contribution in [1.82, 2.24) is 0 Å². The molecule has 28 heavy (non-hydrogen) atoms. The molecule has 0 N–H and O–H groups in total. The minimum atomic E-state index is -0.894. The molecule has 0 aliphatic heterocycles. The predicted molar refractivity (Wildman–Crippen MR) is 106 cm³/mol. The highest BCUT2D eigenvalue weighted by Gasteiger charge is 2.31. The molecule has 2 rings (SSSR count). The Hall–Kier alpha value is -2.95. The van der Waals surface area contributed by atoms with Crippen LogP contribution in [0, 0.1) is 5.92 Å². The van der Waals surface area contributed by atoms with Crippen molar-refractivity contribution >= 4 is 17.7 Å². The average Bonchev–Trinajstić information content (AvgIpc) is 2.75. The molecule has 3 unspecified atom stereocenters. The van der Waals surface area contributed by atoms with Crippen LogP contribution in [0.1, 0.15) is 54.3 Å². The second-order valence-corrected chi connectivity index (χ2v) is 6.62. The van der Waals surface area contributed by atoms with Crippen molar-refractivity contribution < 1.29 is 23.9 Å². The van der Waals surface area contributed by atoms with Crippen LogP contribution >= 0.6 is 0 Å². The molecule has 0 amide bonds. The smallest absolute Gasteiger partial charge is 0.379 e. The first-order valence-electron chi connectivity index (χ1n) is 9.54. The number of benzene rings is 2. The lowest BCUT2D eigenvalue weighted by Crippen LogP contribution is -2.37. The number of rotatable bonds is 9. The van der Waals surface area contributed by atoms with E-state index in [2.05, 4.69) is 0 Å². The van der Waals surface area contributed by atoms with Gasteiger partial charge in [-0.25, -0.2) is 9.59 Å². The van der Waals surface area contributed by atoms with Gasteiger partial charge in [-0.2, -0.15) is 0 Å². The van der Waals surface area contributed by atoms with Crippen LogP contribution < -0.4 is 0 Å². The van der Waals surface area contributed by atoms with E-state index in [1.807, 2.05) is 26.8 Å². The Labute approximate surface area is 165 Å². The highest BCUT2D eigenvalue weighted by molar-refractivity contribution is 6.40. The quantitative estimate of drug-likeness (QED) is 0.364. The van der Waals surface area contributed by atoms with Crippen LogP contribution in [0.25, 0.3) is 0 Å². The van der Waals surface area contributed by atoms with Crippen LogP contribution in [0.4, 0.5) is 0 Å². The van der Waals surface area contributed by atoms with Crippen LogP contribution in [-0.2, 0) is 14.3 Å². The lowest BCUT2D eigenvalue weighted by Gasteiger charge is -2.29. The summed E-state index contributed by atoms with van der Waals surface area (Å²) in [7, 11) is 0. The largest absolute Gasteiger partial charge is 0.458 e. The number of ether oxygens (including phenoxy) is 2. The topological polar surface area (TPSA) is 69.7 Å². The highest BCUT2D eigenvalue weighted by Crippen LogP contribution is 2.22. The van der Waals surface area contributed by atoms with Crippen molar-refractivity contribution in [3.8, 4) is 0 Å². The number of hydrogen-bond acceptors (Lipinski definition) is 5. The second kappa shape index (κ2) is 10.4. The summed E-state index contributed by atoms with van der Waals surface area (Å²) in [6.45, 7) is 5.64. The Morgan fingerprint density at radius 1 is 0.750 bits per heavy atom. The molecule has 0 aliphatic rings. The Bertz CT molecular complexity index is 785. The zero-order chi connectivity index (χ0) is 20.5. The van der Waals surface area contributed by atoms with E-state index in [1.54, 1.807) is 54.6 Å². The van der Waals surface area contributed by atoms with Gasteiger partial charge in [-0.05, 0) is 25.0 Å². The van der Waals surface area contributed by atoms with E-state index < -0.39 is 29.9 Å². The molecule has 0 bridgehead atoms. The molecular formula is C23H26O5. The molecule has 0 fully saturated rings. The molecule has 0 saturated carbocycles. The monoisotopic (exact) mass is 382 g/mol. The fourth-order valence-electron chi connectivity index (χ4n) is 3.04. The molecule has 0 aromatic heterocycles. The number of hydrogen-bond donors (Lipinski definition) is 0. The molecule has 0 spiro atoms. The Morgan fingerprint density at radius 2 is 1.21 bits per heavy atom. The van der Waals surface area contributed by atoms with Crippen molar-refractivity contribution in [3.63, 3.8) is 0 Å². The van der Waals surface area contributed by atoms with Gasteiger partial charge in [0.25, 0.3) is 5.78 Å². The number of carbonyl (C=O) groups excluding carboxylic acids is 3. The van der Waals surface area contributed by atoms with Crippen molar-refractivity contribution in [2.75, 3.05) is 0 Å². The van der Waals surface area contributed by atoms with E-state index in [0.717, 1.165) is 0 Å². The molecule has 148 valence electrons. The first kappa shape index (κ1) is 21.4. The average molecular weight is 382 g/mol. The first-order valence-corrected chi connectivity index (χ1v) is 9.54. The third-order valence-corrected chi connectivity index (χ3v) is 4.73. The molecule has 5 heteroatoms. The minimum Gasteiger partial charge on any atom is -0.458 e. The Kier molecular flexibility index (Phi) is 7.93. The summed E-state index contributed by atoms with van der Waals surface area (Å²) in [4.78, 5) is 36.9. The lowest BCUT2D eigenvalue weighted by atomic mass is 9.94. The molecular weight excluding hydrogens is 356 g/mol. The second-order valence-electron chi connectivity index (χ2n) is 6.62. The van der Waals surface area contributed by atoms with Gasteiger partial charge in [-0.3, -0.25) is 4.79 Å². The van der Waals surface area contributed by atoms with Gasteiger partial charge in [-0.1, -0.05) is 69.3 Å². The fraction of sp³-hybridized carbons (Fsp3) is 0.348. The van der Waals surface area contributed by atoms with Crippen LogP contribution in [0.2, 0.25) is 0 Å². The maximum Gasteiger partial charge on any atom is 0.379 e. The zero-order valence-corrected chi connectivity index (χ0v) is 16.5. The third kappa shape index (κ3) is 5.52. The minimum absolute atomic E-state index is 0.254. The first-order chi connectivity index (χ1) is 13.5. The third-order valence-electron chi connectivity index (χ3n) is 4.73. The van der Waals surface area contributed by atoms with Gasteiger partial charge in [0.2, 0.25) is 0 Å². The maximum absolute atomic E-state index is 12.4. The van der Waals surface area contributed by atoms with E-state index in [1.165, 1.54) is 0 Å². The highest BCUT2D eigenvalue weighted by atomic mass is 16.6. The number of esters is 2. The van der Waals surface area contributed by atoms with Gasteiger partial charge >= 0.3 is 11.9 Å². The molecule has 2 aromatic carbocycles. The molecule has 0 heterocycles. The molecule has 0 saturated heterocycles. The zero-order valence-electron chi connectivity index (χ0n) is 16.5. The van der Waals surface area contributed by atoms with Crippen LogP contribution in [0.15, 0.2) is 60.7 Å². The SMILES string of the molecule is CCC(OC(=O)C(=O)c1ccccc1)C(C)C(CC)OC(=O)c1ccccc1. The van der Waals surface area contributed by atoms with E-state index in [-0.39, 0.29) is 11.5 Å². The maximum atomic E-state index is 12.4. The summed E-state index contributed by atoms with van der Waals surface area (Å²) >= 11 is 0. The van der Waals surface area contributed by atoms with Gasteiger partial charge in [0, 0.05) is 11.5 Å². The van der Waals surface area contributed by atoms with Gasteiger partial charge in [0.15, 0.2) is 0 Å². The number of Topliss-reactive ketones (excluding diaryl/α,β-unsaturated/α-hetero) is 1.